The van der Waals surface area contributed by atoms with Gasteiger partial charge in [0, 0.05) is 6.54 Å². The highest BCUT2D eigenvalue weighted by atomic mass is 16.5. The molecule has 1 fully saturated rings. The fourth-order valence-electron chi connectivity index (χ4n) is 3.72. The molecule has 28 heavy (non-hydrogen) atoms. The van der Waals surface area contributed by atoms with Gasteiger partial charge >= 0.3 is 0 Å². The number of carbonyl (C=O) groups is 2. The van der Waals surface area contributed by atoms with Gasteiger partial charge in [0.2, 0.25) is 5.91 Å². The summed E-state index contributed by atoms with van der Waals surface area (Å²) in [5.74, 6) is 0.202. The number of nitrogens with one attached hydrogen (secondary N) is 1. The van der Waals surface area contributed by atoms with Gasteiger partial charge in [0.15, 0.2) is 0 Å². The molecule has 1 atom stereocenters. The minimum atomic E-state index is -0.288. The van der Waals surface area contributed by atoms with Gasteiger partial charge in [0.05, 0.1) is 24.8 Å². The molecule has 0 aromatic heterocycles. The van der Waals surface area contributed by atoms with Gasteiger partial charge in [-0.2, -0.15) is 0 Å². The number of hydrogen-bond acceptors (Lipinski definition) is 3. The van der Waals surface area contributed by atoms with E-state index in [4.69, 9.17) is 4.74 Å². The van der Waals surface area contributed by atoms with Gasteiger partial charge in [-0.1, -0.05) is 55.3 Å². The van der Waals surface area contributed by atoms with E-state index in [1.807, 2.05) is 36.1 Å². The predicted molar refractivity (Wildman–Crippen MR) is 109 cm³/mol. The number of rotatable bonds is 6. The quantitative estimate of drug-likeness (QED) is 0.825. The highest BCUT2D eigenvalue weighted by Crippen LogP contribution is 2.30. The Labute approximate surface area is 166 Å². The average molecular weight is 380 g/mol. The molecule has 2 aromatic rings. The van der Waals surface area contributed by atoms with Gasteiger partial charge in [0.25, 0.3) is 5.91 Å². The van der Waals surface area contributed by atoms with E-state index in [1.165, 1.54) is 0 Å². The minimum absolute atomic E-state index is 0.0113. The second-order valence-electron chi connectivity index (χ2n) is 6.97. The lowest BCUT2D eigenvalue weighted by atomic mass is 10.0. The molecule has 0 spiro atoms. The maximum atomic E-state index is 13.0. The van der Waals surface area contributed by atoms with Crippen LogP contribution in [0.2, 0.25) is 0 Å². The number of benzene rings is 2. The summed E-state index contributed by atoms with van der Waals surface area (Å²) >= 11 is 0. The molecular formula is C23H28N2O3. The molecule has 1 N–H and O–H groups in total. The van der Waals surface area contributed by atoms with Crippen molar-refractivity contribution >= 4 is 11.8 Å². The van der Waals surface area contributed by atoms with Crippen molar-refractivity contribution in [3.8, 4) is 5.75 Å². The molecule has 5 nitrogen and oxygen atoms in total. The van der Waals surface area contributed by atoms with Crippen LogP contribution in [0.4, 0.5) is 0 Å². The molecule has 2 amide bonds. The summed E-state index contributed by atoms with van der Waals surface area (Å²) in [6.07, 6.45) is 4.19. The van der Waals surface area contributed by atoms with E-state index in [0.717, 1.165) is 37.8 Å². The largest absolute Gasteiger partial charge is 0.493 e. The van der Waals surface area contributed by atoms with Crippen LogP contribution in [0.15, 0.2) is 54.6 Å². The first-order chi connectivity index (χ1) is 13.7. The van der Waals surface area contributed by atoms with E-state index in [-0.39, 0.29) is 24.4 Å². The van der Waals surface area contributed by atoms with Crippen molar-refractivity contribution in [2.45, 2.75) is 38.6 Å². The van der Waals surface area contributed by atoms with Crippen molar-refractivity contribution < 1.29 is 14.3 Å². The molecule has 3 rings (SSSR count). The third-order valence-electron chi connectivity index (χ3n) is 5.09. The van der Waals surface area contributed by atoms with Crippen LogP contribution >= 0.6 is 0 Å². The van der Waals surface area contributed by atoms with Crippen LogP contribution in [-0.2, 0) is 4.79 Å². The predicted octanol–water partition coefficient (Wildman–Crippen LogP) is 3.96. The third-order valence-corrected chi connectivity index (χ3v) is 5.09. The summed E-state index contributed by atoms with van der Waals surface area (Å²) in [6, 6.07) is 17.3. The maximum absolute atomic E-state index is 13.0. The Kier molecular flexibility index (Phi) is 7.06. The van der Waals surface area contributed by atoms with Gasteiger partial charge in [-0.15, -0.1) is 0 Å². The lowest BCUT2D eigenvalue weighted by molar-refractivity contribution is -0.132. The van der Waals surface area contributed by atoms with Crippen molar-refractivity contribution in [2.75, 3.05) is 19.7 Å². The second kappa shape index (κ2) is 9.93. The fourth-order valence-corrected chi connectivity index (χ4v) is 3.72. The SMILES string of the molecule is CCOc1ccccc1C(=O)NCC(=O)N1CCCCCC1c1ccccc1. The Morgan fingerprint density at radius 3 is 2.57 bits per heavy atom. The van der Waals surface area contributed by atoms with Gasteiger partial charge < -0.3 is 15.0 Å². The minimum Gasteiger partial charge on any atom is -0.493 e. The first kappa shape index (κ1) is 19.9. The van der Waals surface area contributed by atoms with E-state index in [1.54, 1.807) is 18.2 Å². The van der Waals surface area contributed by atoms with E-state index in [0.29, 0.717) is 17.9 Å². The number of nitrogens with zero attached hydrogens (tertiary/aromatic N) is 1. The number of para-hydroxylation sites is 1. The fraction of sp³-hybridized carbons (Fsp3) is 0.391. The zero-order valence-electron chi connectivity index (χ0n) is 16.4. The standard InChI is InChI=1S/C23H28N2O3/c1-2-28-21-15-9-8-13-19(21)23(27)24-17-22(26)25-16-10-4-7-14-20(25)18-11-5-3-6-12-18/h3,5-6,8-9,11-13,15,20H,2,4,7,10,14,16-17H2,1H3,(H,24,27). The van der Waals surface area contributed by atoms with Crippen LogP contribution in [0.3, 0.4) is 0 Å². The van der Waals surface area contributed by atoms with Crippen LogP contribution in [-0.4, -0.2) is 36.4 Å². The summed E-state index contributed by atoms with van der Waals surface area (Å²) in [7, 11) is 0. The smallest absolute Gasteiger partial charge is 0.255 e. The number of hydrogen-bond donors (Lipinski definition) is 1. The number of carbonyl (C=O) groups excluding carboxylic acids is 2. The zero-order chi connectivity index (χ0) is 19.8. The molecular weight excluding hydrogens is 352 g/mol. The molecule has 0 saturated carbocycles. The number of amides is 2. The first-order valence-corrected chi connectivity index (χ1v) is 10.0. The molecule has 1 unspecified atom stereocenters. The van der Waals surface area contributed by atoms with Gasteiger partial charge in [-0.05, 0) is 37.5 Å². The van der Waals surface area contributed by atoms with Crippen LogP contribution in [0.1, 0.15) is 54.6 Å². The number of ether oxygens (including phenoxy) is 1. The lowest BCUT2D eigenvalue weighted by Gasteiger charge is -2.30. The molecule has 1 aliphatic rings. The summed E-state index contributed by atoms with van der Waals surface area (Å²) in [5, 5.41) is 2.78. The van der Waals surface area contributed by atoms with Crippen molar-refractivity contribution in [2.24, 2.45) is 0 Å². The van der Waals surface area contributed by atoms with Crippen molar-refractivity contribution in [1.29, 1.82) is 0 Å². The van der Waals surface area contributed by atoms with Crippen LogP contribution in [0.5, 0.6) is 5.75 Å². The molecule has 1 heterocycles. The Bertz CT molecular complexity index is 791. The Morgan fingerprint density at radius 1 is 1.04 bits per heavy atom. The van der Waals surface area contributed by atoms with Crippen molar-refractivity contribution in [3.05, 3.63) is 65.7 Å². The van der Waals surface area contributed by atoms with E-state index < -0.39 is 0 Å². The normalized spacial score (nSPS) is 16.9. The third kappa shape index (κ3) is 4.91. The van der Waals surface area contributed by atoms with Crippen LogP contribution in [0, 0.1) is 0 Å². The molecule has 0 bridgehead atoms. The number of likely N-dealkylation sites (tertiary alicyclic amines) is 1. The molecule has 2 aromatic carbocycles. The Hall–Kier alpha value is -2.82. The summed E-state index contributed by atoms with van der Waals surface area (Å²) < 4.78 is 5.52. The van der Waals surface area contributed by atoms with Crippen molar-refractivity contribution in [1.82, 2.24) is 10.2 Å². The highest BCUT2D eigenvalue weighted by Gasteiger charge is 2.27. The molecule has 0 radical (unpaired) electrons. The second-order valence-corrected chi connectivity index (χ2v) is 6.97. The van der Waals surface area contributed by atoms with E-state index >= 15 is 0 Å². The Morgan fingerprint density at radius 2 is 1.79 bits per heavy atom. The summed E-state index contributed by atoms with van der Waals surface area (Å²) in [6.45, 7) is 3.07. The lowest BCUT2D eigenvalue weighted by Crippen LogP contribution is -2.42. The van der Waals surface area contributed by atoms with E-state index in [9.17, 15) is 9.59 Å². The van der Waals surface area contributed by atoms with Gasteiger partial charge in [0.1, 0.15) is 5.75 Å². The molecule has 0 aliphatic carbocycles. The van der Waals surface area contributed by atoms with Gasteiger partial charge in [-0.25, -0.2) is 0 Å². The maximum Gasteiger partial charge on any atom is 0.255 e. The summed E-state index contributed by atoms with van der Waals surface area (Å²) in [5.41, 5.74) is 1.61. The molecule has 148 valence electrons. The van der Waals surface area contributed by atoms with Crippen LogP contribution < -0.4 is 10.1 Å². The van der Waals surface area contributed by atoms with Crippen molar-refractivity contribution in [3.63, 3.8) is 0 Å². The average Bonchev–Trinajstić information content (AvgIpc) is 2.99. The monoisotopic (exact) mass is 380 g/mol. The van der Waals surface area contributed by atoms with Gasteiger partial charge in [-0.3, -0.25) is 9.59 Å². The first-order valence-electron chi connectivity index (χ1n) is 10.0. The molecule has 1 aliphatic heterocycles. The summed E-state index contributed by atoms with van der Waals surface area (Å²) in [4.78, 5) is 27.5. The van der Waals surface area contributed by atoms with Crippen LogP contribution in [0.25, 0.3) is 0 Å². The molecule has 5 heteroatoms. The molecule has 1 saturated heterocycles. The van der Waals surface area contributed by atoms with E-state index in [2.05, 4.69) is 17.4 Å². The zero-order valence-corrected chi connectivity index (χ0v) is 16.4. The Balaban J connectivity index is 1.68. The topological polar surface area (TPSA) is 58.6 Å². The highest BCUT2D eigenvalue weighted by molar-refractivity contribution is 5.98.